The minimum atomic E-state index is -0.234. The standard InChI is InChI=1S/C15H18FN3S/c1-9-10(2)18-15(19-11(9)3)20-14-12(8-17-4)6-5-7-13(14)16/h5-7,17H,8H2,1-4H3. The van der Waals surface area contributed by atoms with Gasteiger partial charge in [0.15, 0.2) is 5.16 Å². The first-order valence-electron chi connectivity index (χ1n) is 6.44. The summed E-state index contributed by atoms with van der Waals surface area (Å²) < 4.78 is 14.0. The second-order valence-corrected chi connectivity index (χ2v) is 5.64. The van der Waals surface area contributed by atoms with Crippen LogP contribution >= 0.6 is 11.8 Å². The van der Waals surface area contributed by atoms with Gasteiger partial charge in [0.2, 0.25) is 0 Å². The number of hydrogen-bond acceptors (Lipinski definition) is 4. The van der Waals surface area contributed by atoms with Gasteiger partial charge in [-0.05, 0) is 56.8 Å². The summed E-state index contributed by atoms with van der Waals surface area (Å²) in [6.45, 7) is 6.51. The summed E-state index contributed by atoms with van der Waals surface area (Å²) in [5, 5.41) is 3.64. The molecule has 2 rings (SSSR count). The molecule has 0 aliphatic rings. The molecule has 0 aliphatic carbocycles. The van der Waals surface area contributed by atoms with Gasteiger partial charge in [0.1, 0.15) is 5.82 Å². The minimum absolute atomic E-state index is 0.234. The third-order valence-corrected chi connectivity index (χ3v) is 4.25. The van der Waals surface area contributed by atoms with E-state index in [0.29, 0.717) is 16.6 Å². The van der Waals surface area contributed by atoms with Gasteiger partial charge in [-0.3, -0.25) is 0 Å². The van der Waals surface area contributed by atoms with E-state index in [1.165, 1.54) is 17.8 Å². The number of nitrogens with zero attached hydrogens (tertiary/aromatic N) is 2. The maximum Gasteiger partial charge on any atom is 0.193 e. The maximum atomic E-state index is 14.0. The summed E-state index contributed by atoms with van der Waals surface area (Å²) in [5.74, 6) is -0.234. The Morgan fingerprint density at radius 1 is 1.15 bits per heavy atom. The zero-order chi connectivity index (χ0) is 14.7. The number of aryl methyl sites for hydroxylation is 2. The van der Waals surface area contributed by atoms with Crippen LogP contribution in [0.2, 0.25) is 0 Å². The third kappa shape index (κ3) is 3.16. The molecule has 5 heteroatoms. The second-order valence-electron chi connectivity index (χ2n) is 4.66. The van der Waals surface area contributed by atoms with E-state index in [-0.39, 0.29) is 5.82 Å². The monoisotopic (exact) mass is 291 g/mol. The average molecular weight is 291 g/mol. The molecule has 0 atom stereocenters. The normalized spacial score (nSPS) is 10.8. The number of nitrogens with one attached hydrogen (secondary N) is 1. The fraction of sp³-hybridized carbons (Fsp3) is 0.333. The molecule has 0 saturated heterocycles. The van der Waals surface area contributed by atoms with E-state index in [9.17, 15) is 4.39 Å². The molecule has 106 valence electrons. The second kappa shape index (κ2) is 6.33. The van der Waals surface area contributed by atoms with E-state index in [2.05, 4.69) is 15.3 Å². The molecule has 1 aromatic carbocycles. The molecule has 0 fully saturated rings. The highest BCUT2D eigenvalue weighted by atomic mass is 32.2. The van der Waals surface area contributed by atoms with Crippen LogP contribution in [-0.2, 0) is 6.54 Å². The van der Waals surface area contributed by atoms with E-state index in [0.717, 1.165) is 22.5 Å². The smallest absolute Gasteiger partial charge is 0.193 e. The van der Waals surface area contributed by atoms with Crippen LogP contribution in [-0.4, -0.2) is 17.0 Å². The van der Waals surface area contributed by atoms with Crippen molar-refractivity contribution in [2.45, 2.75) is 37.4 Å². The Hall–Kier alpha value is -1.46. The Morgan fingerprint density at radius 2 is 1.80 bits per heavy atom. The number of aromatic nitrogens is 2. The summed E-state index contributed by atoms with van der Waals surface area (Å²) in [7, 11) is 1.84. The van der Waals surface area contributed by atoms with Crippen molar-refractivity contribution >= 4 is 11.8 Å². The predicted molar refractivity (Wildman–Crippen MR) is 79.5 cm³/mol. The largest absolute Gasteiger partial charge is 0.316 e. The molecular formula is C15H18FN3S. The van der Waals surface area contributed by atoms with Crippen LogP contribution < -0.4 is 5.32 Å². The number of benzene rings is 1. The molecule has 0 aliphatic heterocycles. The molecule has 1 heterocycles. The first-order chi connectivity index (χ1) is 9.52. The molecule has 0 radical (unpaired) electrons. The van der Waals surface area contributed by atoms with Crippen LogP contribution in [0.4, 0.5) is 4.39 Å². The molecule has 1 N–H and O–H groups in total. The highest BCUT2D eigenvalue weighted by Crippen LogP contribution is 2.31. The van der Waals surface area contributed by atoms with Gasteiger partial charge in [-0.1, -0.05) is 12.1 Å². The van der Waals surface area contributed by atoms with Gasteiger partial charge in [-0.2, -0.15) is 0 Å². The van der Waals surface area contributed by atoms with Gasteiger partial charge in [0, 0.05) is 17.9 Å². The van der Waals surface area contributed by atoms with Gasteiger partial charge >= 0.3 is 0 Å². The van der Waals surface area contributed by atoms with Gasteiger partial charge in [-0.15, -0.1) is 0 Å². The first-order valence-corrected chi connectivity index (χ1v) is 7.26. The quantitative estimate of drug-likeness (QED) is 0.876. The molecule has 0 saturated carbocycles. The Kier molecular flexibility index (Phi) is 4.73. The molecule has 1 aromatic heterocycles. The summed E-state index contributed by atoms with van der Waals surface area (Å²) in [6.07, 6.45) is 0. The van der Waals surface area contributed by atoms with E-state index in [1.54, 1.807) is 6.07 Å². The Labute approximate surface area is 123 Å². The molecule has 0 spiro atoms. The van der Waals surface area contributed by atoms with Gasteiger partial charge in [0.05, 0.1) is 4.90 Å². The van der Waals surface area contributed by atoms with Crippen molar-refractivity contribution < 1.29 is 4.39 Å². The van der Waals surface area contributed by atoms with Crippen LogP contribution in [0.1, 0.15) is 22.5 Å². The Balaban J connectivity index is 2.39. The van der Waals surface area contributed by atoms with Crippen molar-refractivity contribution in [2.75, 3.05) is 7.05 Å². The number of hydrogen-bond donors (Lipinski definition) is 1. The summed E-state index contributed by atoms with van der Waals surface area (Å²) >= 11 is 1.28. The molecule has 0 bridgehead atoms. The SMILES string of the molecule is CNCc1cccc(F)c1Sc1nc(C)c(C)c(C)n1. The van der Waals surface area contributed by atoms with Crippen LogP contribution in [0.25, 0.3) is 0 Å². The summed E-state index contributed by atoms with van der Waals surface area (Å²) in [5.41, 5.74) is 3.87. The minimum Gasteiger partial charge on any atom is -0.316 e. The van der Waals surface area contributed by atoms with Crippen LogP contribution in [0.3, 0.4) is 0 Å². The lowest BCUT2D eigenvalue weighted by atomic mass is 10.2. The Bertz CT molecular complexity index is 606. The molecule has 0 unspecified atom stereocenters. The van der Waals surface area contributed by atoms with Crippen molar-refractivity contribution in [1.29, 1.82) is 0 Å². The highest BCUT2D eigenvalue weighted by Gasteiger charge is 2.13. The Morgan fingerprint density at radius 3 is 2.40 bits per heavy atom. The van der Waals surface area contributed by atoms with Gasteiger partial charge < -0.3 is 5.32 Å². The fourth-order valence-corrected chi connectivity index (χ4v) is 2.86. The number of halogens is 1. The predicted octanol–water partition coefficient (Wildman–Crippen LogP) is 3.41. The lowest BCUT2D eigenvalue weighted by Crippen LogP contribution is -2.07. The lowest BCUT2D eigenvalue weighted by molar-refractivity contribution is 0.593. The van der Waals surface area contributed by atoms with Gasteiger partial charge in [-0.25, -0.2) is 14.4 Å². The van der Waals surface area contributed by atoms with E-state index in [4.69, 9.17) is 0 Å². The topological polar surface area (TPSA) is 37.8 Å². The van der Waals surface area contributed by atoms with Crippen molar-refractivity contribution in [3.63, 3.8) is 0 Å². The van der Waals surface area contributed by atoms with E-state index < -0.39 is 0 Å². The fourth-order valence-electron chi connectivity index (χ4n) is 1.88. The van der Waals surface area contributed by atoms with Gasteiger partial charge in [0.25, 0.3) is 0 Å². The van der Waals surface area contributed by atoms with Crippen LogP contribution in [0, 0.1) is 26.6 Å². The molecule has 3 nitrogen and oxygen atoms in total. The van der Waals surface area contributed by atoms with E-state index in [1.807, 2.05) is 33.9 Å². The first kappa shape index (κ1) is 14.9. The van der Waals surface area contributed by atoms with Crippen molar-refractivity contribution in [3.05, 3.63) is 46.5 Å². The highest BCUT2D eigenvalue weighted by molar-refractivity contribution is 7.99. The van der Waals surface area contributed by atoms with Crippen molar-refractivity contribution in [2.24, 2.45) is 0 Å². The summed E-state index contributed by atoms with van der Waals surface area (Å²) in [6, 6.07) is 5.10. The molecule has 20 heavy (non-hydrogen) atoms. The van der Waals surface area contributed by atoms with Crippen molar-refractivity contribution in [1.82, 2.24) is 15.3 Å². The zero-order valence-corrected chi connectivity index (χ0v) is 12.9. The summed E-state index contributed by atoms with van der Waals surface area (Å²) in [4.78, 5) is 9.46. The molecular weight excluding hydrogens is 273 g/mol. The average Bonchev–Trinajstić information content (AvgIpc) is 2.40. The zero-order valence-electron chi connectivity index (χ0n) is 12.1. The number of rotatable bonds is 4. The maximum absolute atomic E-state index is 14.0. The van der Waals surface area contributed by atoms with Crippen LogP contribution in [0.15, 0.2) is 28.3 Å². The molecule has 0 amide bonds. The van der Waals surface area contributed by atoms with E-state index >= 15 is 0 Å². The third-order valence-electron chi connectivity index (χ3n) is 3.22. The lowest BCUT2D eigenvalue weighted by Gasteiger charge is -2.11. The van der Waals surface area contributed by atoms with Crippen LogP contribution in [0.5, 0.6) is 0 Å². The molecule has 2 aromatic rings. The van der Waals surface area contributed by atoms with Crippen molar-refractivity contribution in [3.8, 4) is 0 Å².